The molecule has 2 atom stereocenters. The van der Waals surface area contributed by atoms with Gasteiger partial charge in [-0.3, -0.25) is 4.74 Å². The summed E-state index contributed by atoms with van der Waals surface area (Å²) >= 11 is 0. The highest BCUT2D eigenvalue weighted by molar-refractivity contribution is 5.85. The van der Waals surface area contributed by atoms with Crippen molar-refractivity contribution in [2.24, 2.45) is 11.7 Å². The van der Waals surface area contributed by atoms with Crippen LogP contribution in [0, 0.1) is 5.92 Å². The molecule has 1 aliphatic heterocycles. The zero-order chi connectivity index (χ0) is 13.9. The van der Waals surface area contributed by atoms with Crippen molar-refractivity contribution in [3.05, 3.63) is 0 Å². The van der Waals surface area contributed by atoms with Crippen LogP contribution in [0.2, 0.25) is 0 Å². The maximum atomic E-state index is 11.9. The maximum Gasteiger partial charge on any atom is 0.522 e. The lowest BCUT2D eigenvalue weighted by atomic mass is 9.83. The van der Waals surface area contributed by atoms with Gasteiger partial charge in [-0.1, -0.05) is 0 Å². The molecule has 120 valence electrons. The van der Waals surface area contributed by atoms with Crippen molar-refractivity contribution in [1.29, 1.82) is 0 Å². The fourth-order valence-electron chi connectivity index (χ4n) is 2.42. The Labute approximate surface area is 122 Å². The van der Waals surface area contributed by atoms with E-state index in [0.717, 1.165) is 12.8 Å². The molecule has 2 N–H and O–H groups in total. The number of halogens is 4. The number of alkyl halides is 3. The van der Waals surface area contributed by atoms with Gasteiger partial charge in [0.05, 0.1) is 25.4 Å². The predicted octanol–water partition coefficient (Wildman–Crippen LogP) is 2.25. The van der Waals surface area contributed by atoms with Crippen molar-refractivity contribution < 1.29 is 27.4 Å². The molecule has 1 saturated carbocycles. The molecular weight excluding hydrogens is 299 g/mol. The van der Waals surface area contributed by atoms with E-state index >= 15 is 0 Å². The molecule has 1 aliphatic carbocycles. The van der Waals surface area contributed by atoms with Crippen molar-refractivity contribution >= 4 is 12.4 Å². The summed E-state index contributed by atoms with van der Waals surface area (Å²) in [4.78, 5) is 0. The molecule has 0 aromatic carbocycles. The highest BCUT2D eigenvalue weighted by Gasteiger charge is 2.40. The number of rotatable bonds is 5. The van der Waals surface area contributed by atoms with Gasteiger partial charge in [-0.25, -0.2) is 0 Å². The second kappa shape index (κ2) is 7.79. The second-order valence-corrected chi connectivity index (χ2v) is 5.35. The van der Waals surface area contributed by atoms with E-state index in [1.54, 1.807) is 0 Å². The number of nitrogens with two attached hydrogens (primary N) is 1. The summed E-state index contributed by atoms with van der Waals surface area (Å²) in [6.07, 6.45) is -2.51. The third-order valence-electron chi connectivity index (χ3n) is 3.56. The molecule has 8 heteroatoms. The third kappa shape index (κ3) is 6.13. The molecule has 0 amide bonds. The molecule has 0 bridgehead atoms. The molecule has 0 aromatic rings. The van der Waals surface area contributed by atoms with Crippen molar-refractivity contribution in [1.82, 2.24) is 0 Å². The summed E-state index contributed by atoms with van der Waals surface area (Å²) < 4.78 is 50.6. The Morgan fingerprint density at radius 2 is 1.85 bits per heavy atom. The van der Waals surface area contributed by atoms with Crippen LogP contribution in [0.1, 0.15) is 25.7 Å². The van der Waals surface area contributed by atoms with Gasteiger partial charge in [-0.2, -0.15) is 0 Å². The van der Waals surface area contributed by atoms with Gasteiger partial charge in [0.25, 0.3) is 0 Å². The van der Waals surface area contributed by atoms with Gasteiger partial charge in [0.15, 0.2) is 0 Å². The molecule has 1 heterocycles. The van der Waals surface area contributed by atoms with Crippen LogP contribution >= 0.6 is 12.4 Å². The van der Waals surface area contributed by atoms with Crippen LogP contribution in [0.4, 0.5) is 13.2 Å². The monoisotopic (exact) mass is 319 g/mol. The van der Waals surface area contributed by atoms with Gasteiger partial charge in [-0.15, -0.1) is 25.6 Å². The van der Waals surface area contributed by atoms with E-state index in [1.165, 1.54) is 0 Å². The quantitative estimate of drug-likeness (QED) is 0.844. The van der Waals surface area contributed by atoms with Crippen LogP contribution in [0.15, 0.2) is 0 Å². The van der Waals surface area contributed by atoms with Gasteiger partial charge in [-0.05, 0) is 31.6 Å². The Morgan fingerprint density at radius 3 is 2.40 bits per heavy atom. The Balaban J connectivity index is 0.00000200. The molecule has 2 rings (SSSR count). The van der Waals surface area contributed by atoms with Gasteiger partial charge >= 0.3 is 6.36 Å². The number of hydrogen-bond acceptors (Lipinski definition) is 4. The second-order valence-electron chi connectivity index (χ2n) is 5.35. The Kier molecular flexibility index (Phi) is 7.00. The summed E-state index contributed by atoms with van der Waals surface area (Å²) in [6.45, 7) is 1.52. The average molecular weight is 320 g/mol. The molecule has 0 spiro atoms. The highest BCUT2D eigenvalue weighted by atomic mass is 35.5. The summed E-state index contributed by atoms with van der Waals surface area (Å²) in [7, 11) is 0. The first-order chi connectivity index (χ1) is 8.92. The first-order valence-corrected chi connectivity index (χ1v) is 6.62. The fourth-order valence-corrected chi connectivity index (χ4v) is 2.42. The van der Waals surface area contributed by atoms with Crippen LogP contribution in [-0.4, -0.2) is 44.4 Å². The van der Waals surface area contributed by atoms with Gasteiger partial charge in [0.2, 0.25) is 0 Å². The van der Waals surface area contributed by atoms with Crippen molar-refractivity contribution in [2.75, 3.05) is 19.8 Å². The highest BCUT2D eigenvalue weighted by Crippen LogP contribution is 2.34. The van der Waals surface area contributed by atoms with E-state index in [0.29, 0.717) is 32.7 Å². The minimum atomic E-state index is -4.52. The molecule has 4 nitrogen and oxygen atoms in total. The molecule has 2 aliphatic rings. The van der Waals surface area contributed by atoms with Crippen LogP contribution < -0.4 is 5.73 Å². The maximum absolute atomic E-state index is 11.9. The minimum absolute atomic E-state index is 0. The average Bonchev–Trinajstić information content (AvgIpc) is 2.26. The molecular formula is C12H21ClF3NO3. The Hall–Kier alpha value is -0.0800. The van der Waals surface area contributed by atoms with Gasteiger partial charge < -0.3 is 15.2 Å². The topological polar surface area (TPSA) is 53.7 Å². The summed E-state index contributed by atoms with van der Waals surface area (Å²) in [6, 6.07) is 0.114. The van der Waals surface area contributed by atoms with E-state index in [9.17, 15) is 13.2 Å². The van der Waals surface area contributed by atoms with E-state index in [1.807, 2.05) is 0 Å². The zero-order valence-electron chi connectivity index (χ0n) is 11.1. The first-order valence-electron chi connectivity index (χ1n) is 6.62. The number of hydrogen-bond donors (Lipinski definition) is 1. The summed E-state index contributed by atoms with van der Waals surface area (Å²) in [5.74, 6) is 0.165. The van der Waals surface area contributed by atoms with Gasteiger partial charge in [0, 0.05) is 12.6 Å². The normalized spacial score (nSPS) is 34.2. The molecule has 0 unspecified atom stereocenters. The smallest absolute Gasteiger partial charge is 0.378 e. The fraction of sp³-hybridized carbons (Fsp3) is 1.00. The van der Waals surface area contributed by atoms with E-state index in [-0.39, 0.29) is 30.5 Å². The van der Waals surface area contributed by atoms with Crippen molar-refractivity contribution in [3.8, 4) is 0 Å². The molecule has 20 heavy (non-hydrogen) atoms. The largest absolute Gasteiger partial charge is 0.522 e. The van der Waals surface area contributed by atoms with E-state index in [4.69, 9.17) is 15.2 Å². The summed E-state index contributed by atoms with van der Waals surface area (Å²) in [5.41, 5.74) is 5.70. The molecule has 0 radical (unpaired) electrons. The zero-order valence-corrected chi connectivity index (χ0v) is 11.9. The van der Waals surface area contributed by atoms with Crippen LogP contribution in [0.3, 0.4) is 0 Å². The van der Waals surface area contributed by atoms with Crippen molar-refractivity contribution in [2.45, 2.75) is 50.3 Å². The van der Waals surface area contributed by atoms with Crippen molar-refractivity contribution in [3.63, 3.8) is 0 Å². The van der Waals surface area contributed by atoms with Crippen LogP contribution in [-0.2, 0) is 14.2 Å². The van der Waals surface area contributed by atoms with Gasteiger partial charge in [0.1, 0.15) is 0 Å². The molecule has 1 saturated heterocycles. The molecule has 2 fully saturated rings. The Bertz CT molecular complexity index is 280. The lowest BCUT2D eigenvalue weighted by molar-refractivity contribution is -0.355. The molecule has 0 aromatic heterocycles. The predicted molar refractivity (Wildman–Crippen MR) is 68.7 cm³/mol. The van der Waals surface area contributed by atoms with Crippen LogP contribution in [0.25, 0.3) is 0 Å². The minimum Gasteiger partial charge on any atom is -0.378 e. The standard InChI is InChI=1S/C12H20F3NO3.ClH/c13-12(14,15)19-11-3-8(4-11)5-17-7-10-2-1-9(16)6-18-10;/h8-11H,1-7,16H2;1H/t8?,9-,10+,11?;/m1./s1. The lowest BCUT2D eigenvalue weighted by Crippen LogP contribution is -2.39. The number of ether oxygens (including phenoxy) is 3. The first kappa shape index (κ1) is 18.0. The van der Waals surface area contributed by atoms with Crippen LogP contribution in [0.5, 0.6) is 0 Å². The van der Waals surface area contributed by atoms with E-state index < -0.39 is 12.5 Å². The SMILES string of the molecule is Cl.N[C@@H]1CC[C@@H](COCC2CC(OC(F)(F)F)C2)OC1. The summed E-state index contributed by atoms with van der Waals surface area (Å²) in [5, 5.41) is 0. The lowest BCUT2D eigenvalue weighted by Gasteiger charge is -2.35. The third-order valence-corrected chi connectivity index (χ3v) is 3.56. The Morgan fingerprint density at radius 1 is 1.15 bits per heavy atom. The van der Waals surface area contributed by atoms with E-state index in [2.05, 4.69) is 4.74 Å².